The van der Waals surface area contributed by atoms with E-state index >= 15 is 0 Å². The summed E-state index contributed by atoms with van der Waals surface area (Å²) in [6.45, 7) is 8.63. The van der Waals surface area contributed by atoms with Crippen LogP contribution in [0, 0.1) is 0 Å². The summed E-state index contributed by atoms with van der Waals surface area (Å²) in [4.78, 5) is 18.7. The maximum absolute atomic E-state index is 13.5. The third-order valence-electron chi connectivity index (χ3n) is 7.41. The third kappa shape index (κ3) is 4.64. The van der Waals surface area contributed by atoms with Crippen molar-refractivity contribution in [2.24, 2.45) is 0 Å². The molecule has 3 aromatic carbocycles. The fourth-order valence-electron chi connectivity index (χ4n) is 5.22. The van der Waals surface area contributed by atoms with Crippen molar-refractivity contribution in [3.8, 4) is 34.1 Å². The first kappa shape index (κ1) is 25.4. The molecule has 0 fully saturated rings. The highest BCUT2D eigenvalue weighted by atomic mass is 32.1. The molecule has 1 unspecified atom stereocenters. The van der Waals surface area contributed by atoms with E-state index in [0.717, 1.165) is 40.2 Å². The molecule has 204 valence electrons. The largest absolute Gasteiger partial charge is 0.490 e. The molecule has 0 N–H and O–H groups in total. The summed E-state index contributed by atoms with van der Waals surface area (Å²) in [5.74, 6) is 1.47. The van der Waals surface area contributed by atoms with Gasteiger partial charge >= 0.3 is 0 Å². The van der Waals surface area contributed by atoms with E-state index in [1.54, 1.807) is 0 Å². The van der Waals surface area contributed by atoms with Crippen LogP contribution in [-0.4, -0.2) is 30.5 Å². The van der Waals surface area contributed by atoms with Gasteiger partial charge in [-0.15, -0.1) is 5.10 Å². The number of para-hydroxylation sites is 1. The molecule has 0 bridgehead atoms. The molecule has 1 aliphatic heterocycles. The molecule has 1 aliphatic rings. The van der Waals surface area contributed by atoms with Gasteiger partial charge in [-0.3, -0.25) is 4.79 Å². The van der Waals surface area contributed by atoms with Gasteiger partial charge in [-0.1, -0.05) is 74.6 Å². The van der Waals surface area contributed by atoms with Gasteiger partial charge in [0, 0.05) is 29.3 Å². The fraction of sp³-hybridized carbons (Fsp3) is 0.212. The van der Waals surface area contributed by atoms with Gasteiger partial charge in [0.05, 0.1) is 10.2 Å². The van der Waals surface area contributed by atoms with Gasteiger partial charge in [-0.05, 0) is 59.9 Å². The van der Waals surface area contributed by atoms with Crippen LogP contribution in [0.25, 0.3) is 39.4 Å². The quantitative estimate of drug-likeness (QED) is 0.271. The SMILES string of the molecule is CC1Cc2cc(-c3nn(-c4ccccc4)cc3/C=c3\sc4nc(-c5ccc(C(C)(C)C)cc5)nn4c3=O)ccc2O1. The van der Waals surface area contributed by atoms with E-state index in [0.29, 0.717) is 15.3 Å². The Balaban J connectivity index is 1.31. The van der Waals surface area contributed by atoms with Crippen LogP contribution in [0.3, 0.4) is 0 Å². The van der Waals surface area contributed by atoms with E-state index in [1.165, 1.54) is 27.0 Å². The van der Waals surface area contributed by atoms with Crippen molar-refractivity contribution in [2.75, 3.05) is 0 Å². The Morgan fingerprint density at radius 3 is 2.46 bits per heavy atom. The Morgan fingerprint density at radius 2 is 1.73 bits per heavy atom. The van der Waals surface area contributed by atoms with Crippen LogP contribution in [0.15, 0.2) is 83.8 Å². The molecule has 0 amide bonds. The zero-order chi connectivity index (χ0) is 28.3. The Morgan fingerprint density at radius 1 is 0.976 bits per heavy atom. The number of hydrogen-bond donors (Lipinski definition) is 0. The third-order valence-corrected chi connectivity index (χ3v) is 8.37. The predicted molar refractivity (Wildman–Crippen MR) is 163 cm³/mol. The van der Waals surface area contributed by atoms with Gasteiger partial charge in [0.1, 0.15) is 17.5 Å². The normalized spacial score (nSPS) is 15.4. The van der Waals surface area contributed by atoms with Crippen molar-refractivity contribution in [3.63, 3.8) is 0 Å². The van der Waals surface area contributed by atoms with E-state index in [4.69, 9.17) is 14.8 Å². The summed E-state index contributed by atoms with van der Waals surface area (Å²) >= 11 is 1.34. The molecule has 4 heterocycles. The van der Waals surface area contributed by atoms with Gasteiger partial charge < -0.3 is 4.74 Å². The zero-order valence-electron chi connectivity index (χ0n) is 23.3. The lowest BCUT2D eigenvalue weighted by Crippen LogP contribution is -2.23. The first-order valence-corrected chi connectivity index (χ1v) is 14.5. The minimum Gasteiger partial charge on any atom is -0.490 e. The highest BCUT2D eigenvalue weighted by Crippen LogP contribution is 2.34. The average molecular weight is 560 g/mol. The number of aromatic nitrogens is 5. The van der Waals surface area contributed by atoms with Crippen molar-refractivity contribution >= 4 is 22.4 Å². The van der Waals surface area contributed by atoms with E-state index in [9.17, 15) is 4.79 Å². The van der Waals surface area contributed by atoms with Crippen LogP contribution in [0.5, 0.6) is 5.75 Å². The molecular weight excluding hydrogens is 530 g/mol. The van der Waals surface area contributed by atoms with E-state index in [1.807, 2.05) is 71.6 Å². The van der Waals surface area contributed by atoms with Gasteiger partial charge in [0.25, 0.3) is 5.56 Å². The number of hydrogen-bond acceptors (Lipinski definition) is 6. The molecule has 8 heteroatoms. The Bertz CT molecular complexity index is 2010. The molecular formula is C33H29N5O2S. The maximum atomic E-state index is 13.5. The monoisotopic (exact) mass is 559 g/mol. The molecule has 0 saturated carbocycles. The van der Waals surface area contributed by atoms with Crippen molar-refractivity contribution in [1.29, 1.82) is 0 Å². The molecule has 6 aromatic rings. The molecule has 3 aromatic heterocycles. The van der Waals surface area contributed by atoms with Crippen LogP contribution in [0.1, 0.15) is 44.4 Å². The molecule has 0 spiro atoms. The highest BCUT2D eigenvalue weighted by molar-refractivity contribution is 7.15. The molecule has 0 saturated heterocycles. The maximum Gasteiger partial charge on any atom is 0.291 e. The first-order valence-electron chi connectivity index (χ1n) is 13.7. The lowest BCUT2D eigenvalue weighted by Gasteiger charge is -2.18. The molecule has 1 atom stereocenters. The van der Waals surface area contributed by atoms with Crippen LogP contribution in [-0.2, 0) is 11.8 Å². The summed E-state index contributed by atoms with van der Waals surface area (Å²) < 4.78 is 9.73. The summed E-state index contributed by atoms with van der Waals surface area (Å²) in [7, 11) is 0. The lowest BCUT2D eigenvalue weighted by molar-refractivity contribution is 0.254. The van der Waals surface area contributed by atoms with Crippen molar-refractivity contribution in [1.82, 2.24) is 24.4 Å². The second kappa shape index (κ2) is 9.52. The minimum absolute atomic E-state index is 0.0621. The van der Waals surface area contributed by atoms with Crippen LogP contribution >= 0.6 is 11.3 Å². The Labute approximate surface area is 241 Å². The number of ether oxygens (including phenoxy) is 1. The summed E-state index contributed by atoms with van der Waals surface area (Å²) in [6, 6.07) is 24.4. The highest BCUT2D eigenvalue weighted by Gasteiger charge is 2.21. The number of fused-ring (bicyclic) bond motifs is 2. The summed E-state index contributed by atoms with van der Waals surface area (Å²) in [6.07, 6.45) is 4.89. The van der Waals surface area contributed by atoms with Crippen LogP contribution in [0.4, 0.5) is 0 Å². The minimum atomic E-state index is -0.190. The van der Waals surface area contributed by atoms with E-state index in [-0.39, 0.29) is 17.1 Å². The van der Waals surface area contributed by atoms with Crippen molar-refractivity contribution in [2.45, 2.75) is 45.6 Å². The van der Waals surface area contributed by atoms with Crippen LogP contribution < -0.4 is 14.8 Å². The van der Waals surface area contributed by atoms with Gasteiger partial charge in [-0.25, -0.2) is 4.68 Å². The second-order valence-corrected chi connectivity index (χ2v) is 12.6. The topological polar surface area (TPSA) is 74.3 Å². The summed E-state index contributed by atoms with van der Waals surface area (Å²) in [5.41, 5.74) is 6.74. The number of rotatable bonds is 4. The van der Waals surface area contributed by atoms with Gasteiger partial charge in [0.15, 0.2) is 5.82 Å². The number of thiazole rings is 1. The molecule has 7 nitrogen and oxygen atoms in total. The number of nitrogens with zero attached hydrogens (tertiary/aromatic N) is 5. The predicted octanol–water partition coefficient (Wildman–Crippen LogP) is 5.84. The van der Waals surface area contributed by atoms with Crippen molar-refractivity contribution in [3.05, 3.63) is 111 Å². The number of benzene rings is 3. The van der Waals surface area contributed by atoms with E-state index in [2.05, 4.69) is 51.0 Å². The smallest absolute Gasteiger partial charge is 0.291 e. The molecule has 7 rings (SSSR count). The standard InChI is InChI=1S/C33H29N5O2S/c1-20-16-23-17-22(12-15-27(23)40-20)29-24(19-37(35-29)26-8-6-5-7-9-26)18-28-31(39)38-32(41-28)34-30(36-38)21-10-13-25(14-11-21)33(2,3)4/h5-15,17-20H,16H2,1-4H3/b28-18-. The lowest BCUT2D eigenvalue weighted by atomic mass is 9.87. The zero-order valence-corrected chi connectivity index (χ0v) is 24.1. The first-order chi connectivity index (χ1) is 19.7. The van der Waals surface area contributed by atoms with Crippen LogP contribution in [0.2, 0.25) is 0 Å². The van der Waals surface area contributed by atoms with Gasteiger partial charge in [-0.2, -0.15) is 14.6 Å². The Hall–Kier alpha value is -4.56. The molecule has 0 radical (unpaired) electrons. The molecule has 41 heavy (non-hydrogen) atoms. The fourth-order valence-corrected chi connectivity index (χ4v) is 6.11. The molecule has 0 aliphatic carbocycles. The summed E-state index contributed by atoms with van der Waals surface area (Å²) in [5, 5.41) is 9.51. The van der Waals surface area contributed by atoms with E-state index < -0.39 is 0 Å². The second-order valence-electron chi connectivity index (χ2n) is 11.5. The average Bonchev–Trinajstić information content (AvgIpc) is 3.72. The Kier molecular flexibility index (Phi) is 5.90. The van der Waals surface area contributed by atoms with Crippen molar-refractivity contribution < 1.29 is 4.74 Å². The van der Waals surface area contributed by atoms with Gasteiger partial charge in [0.2, 0.25) is 4.96 Å².